The second kappa shape index (κ2) is 8.83. The third-order valence-corrected chi connectivity index (χ3v) is 5.16. The second-order valence-electron chi connectivity index (χ2n) is 6.07. The molecule has 1 aliphatic heterocycles. The molecule has 0 bridgehead atoms. The quantitative estimate of drug-likeness (QED) is 0.581. The Balaban J connectivity index is 1.71. The number of benzene rings is 1. The highest BCUT2D eigenvalue weighted by atomic mass is 32.1. The van der Waals surface area contributed by atoms with Gasteiger partial charge in [0, 0.05) is 0 Å². The van der Waals surface area contributed by atoms with E-state index in [-0.39, 0.29) is 0 Å². The molecule has 27 heavy (non-hydrogen) atoms. The van der Waals surface area contributed by atoms with E-state index in [0.717, 1.165) is 16.2 Å². The first-order valence-corrected chi connectivity index (χ1v) is 9.28. The lowest BCUT2D eigenvalue weighted by molar-refractivity contribution is -0.277. The molecule has 2 aromatic rings. The molecule has 1 saturated heterocycles. The van der Waals surface area contributed by atoms with Gasteiger partial charge in [0.05, 0.1) is 18.6 Å². The number of thiophene rings is 1. The highest BCUT2D eigenvalue weighted by Gasteiger charge is 2.44. The van der Waals surface area contributed by atoms with Crippen molar-refractivity contribution in [2.75, 3.05) is 13.7 Å². The Kier molecular flexibility index (Phi) is 6.48. The van der Waals surface area contributed by atoms with Crippen LogP contribution in [0.2, 0.25) is 0 Å². The van der Waals surface area contributed by atoms with Crippen LogP contribution < -0.4 is 9.47 Å². The number of methoxy groups -OCH3 is 1. The van der Waals surface area contributed by atoms with Crippen LogP contribution in [0.5, 0.6) is 11.5 Å². The fourth-order valence-electron chi connectivity index (χ4n) is 2.70. The molecule has 1 aromatic heterocycles. The largest absolute Gasteiger partial charge is 0.497 e. The molecule has 7 nitrogen and oxygen atoms in total. The van der Waals surface area contributed by atoms with Gasteiger partial charge < -0.3 is 34.6 Å². The molecule has 0 spiro atoms. The van der Waals surface area contributed by atoms with Crippen molar-refractivity contribution >= 4 is 23.5 Å². The Hall–Kier alpha value is -1.94. The summed E-state index contributed by atoms with van der Waals surface area (Å²) in [6, 6.07) is 9.28. The zero-order chi connectivity index (χ0) is 19.4. The summed E-state index contributed by atoms with van der Waals surface area (Å²) in [5.74, 6) is 1.24. The summed E-state index contributed by atoms with van der Waals surface area (Å²) in [7, 11) is 1.61. The summed E-state index contributed by atoms with van der Waals surface area (Å²) in [6.45, 7) is -0.501. The van der Waals surface area contributed by atoms with E-state index in [1.54, 1.807) is 13.2 Å². The summed E-state index contributed by atoms with van der Waals surface area (Å²) >= 11 is 1.44. The van der Waals surface area contributed by atoms with E-state index < -0.39 is 37.3 Å². The summed E-state index contributed by atoms with van der Waals surface area (Å²) in [4.78, 5) is 0.794. The van der Waals surface area contributed by atoms with Crippen molar-refractivity contribution in [3.63, 3.8) is 0 Å². The van der Waals surface area contributed by atoms with Crippen molar-refractivity contribution in [3.05, 3.63) is 46.2 Å². The fraction of sp³-hybridized carbons (Fsp3) is 0.368. The molecular weight excluding hydrogens is 372 g/mol. The fourth-order valence-corrected chi connectivity index (χ4v) is 3.42. The van der Waals surface area contributed by atoms with Gasteiger partial charge in [0.25, 0.3) is 0 Å². The molecule has 1 aromatic carbocycles. The van der Waals surface area contributed by atoms with Crippen LogP contribution in [0.25, 0.3) is 12.2 Å². The van der Waals surface area contributed by atoms with Gasteiger partial charge in [-0.1, -0.05) is 18.2 Å². The number of aliphatic hydroxyl groups is 4. The Morgan fingerprint density at radius 3 is 2.44 bits per heavy atom. The highest BCUT2D eigenvalue weighted by molar-refractivity contribution is 7.11. The monoisotopic (exact) mass is 394 g/mol. The maximum atomic E-state index is 10.1. The molecule has 1 fully saturated rings. The Morgan fingerprint density at radius 1 is 1.04 bits per heavy atom. The van der Waals surface area contributed by atoms with Crippen LogP contribution in [0.15, 0.2) is 35.7 Å². The molecule has 4 N–H and O–H groups in total. The molecule has 3 rings (SSSR count). The summed E-state index contributed by atoms with van der Waals surface area (Å²) in [6.07, 6.45) is -2.77. The summed E-state index contributed by atoms with van der Waals surface area (Å²) < 4.78 is 16.2. The van der Waals surface area contributed by atoms with Crippen LogP contribution in [0.3, 0.4) is 0 Å². The minimum absolute atomic E-state index is 0.467. The Bertz CT molecular complexity index is 756. The van der Waals surface area contributed by atoms with Gasteiger partial charge in [0.2, 0.25) is 6.29 Å². The van der Waals surface area contributed by atoms with Crippen LogP contribution in [0, 0.1) is 0 Å². The molecule has 2 heterocycles. The lowest BCUT2D eigenvalue weighted by Gasteiger charge is -2.39. The van der Waals surface area contributed by atoms with Crippen LogP contribution in [-0.2, 0) is 4.74 Å². The van der Waals surface area contributed by atoms with Gasteiger partial charge in [-0.2, -0.15) is 0 Å². The average molecular weight is 394 g/mol. The molecular formula is C19H22O7S. The van der Waals surface area contributed by atoms with E-state index in [4.69, 9.17) is 14.2 Å². The van der Waals surface area contributed by atoms with Gasteiger partial charge in [0.1, 0.15) is 35.9 Å². The van der Waals surface area contributed by atoms with Crippen LogP contribution in [0.1, 0.15) is 10.4 Å². The molecule has 5 atom stereocenters. The van der Waals surface area contributed by atoms with Crippen LogP contribution in [-0.4, -0.2) is 64.8 Å². The molecule has 5 unspecified atom stereocenters. The molecule has 146 valence electrons. The summed E-state index contributed by atoms with van der Waals surface area (Å²) in [5.41, 5.74) is 0.975. The van der Waals surface area contributed by atoms with Gasteiger partial charge in [-0.15, -0.1) is 11.3 Å². The van der Waals surface area contributed by atoms with Crippen LogP contribution in [0.4, 0.5) is 0 Å². The molecule has 0 aliphatic carbocycles. The number of hydrogen-bond donors (Lipinski definition) is 4. The first-order chi connectivity index (χ1) is 13.0. The van der Waals surface area contributed by atoms with Crippen molar-refractivity contribution in [2.24, 2.45) is 0 Å². The van der Waals surface area contributed by atoms with E-state index in [2.05, 4.69) is 0 Å². The van der Waals surface area contributed by atoms with Gasteiger partial charge in [-0.05, 0) is 35.2 Å². The van der Waals surface area contributed by atoms with Crippen molar-refractivity contribution in [2.45, 2.75) is 30.7 Å². The third-order valence-electron chi connectivity index (χ3n) is 4.29. The first kappa shape index (κ1) is 19.8. The number of aliphatic hydroxyl groups excluding tert-OH is 4. The van der Waals surface area contributed by atoms with Gasteiger partial charge >= 0.3 is 0 Å². The van der Waals surface area contributed by atoms with Gasteiger partial charge in [-0.25, -0.2) is 0 Å². The molecule has 8 heteroatoms. The minimum Gasteiger partial charge on any atom is -0.497 e. The van der Waals surface area contributed by atoms with Crippen molar-refractivity contribution in [1.82, 2.24) is 0 Å². The maximum Gasteiger partial charge on any atom is 0.229 e. The smallest absolute Gasteiger partial charge is 0.229 e. The molecule has 1 aliphatic rings. The summed E-state index contributed by atoms with van der Waals surface area (Å²) in [5, 5.41) is 40.9. The molecule has 0 amide bonds. The first-order valence-electron chi connectivity index (χ1n) is 8.40. The molecule has 0 saturated carbocycles. The highest BCUT2D eigenvalue weighted by Crippen LogP contribution is 2.31. The SMILES string of the molecule is COc1ccc(C=Cc2sccc2OC2OC(CO)C(O)C(O)C2O)cc1. The Labute approximate surface area is 160 Å². The van der Waals surface area contributed by atoms with Crippen molar-refractivity contribution in [1.29, 1.82) is 0 Å². The zero-order valence-corrected chi connectivity index (χ0v) is 15.5. The average Bonchev–Trinajstić information content (AvgIpc) is 3.14. The number of ether oxygens (including phenoxy) is 3. The maximum absolute atomic E-state index is 10.1. The topological polar surface area (TPSA) is 109 Å². The van der Waals surface area contributed by atoms with E-state index in [1.807, 2.05) is 41.8 Å². The van der Waals surface area contributed by atoms with Gasteiger partial charge in [0.15, 0.2) is 0 Å². The van der Waals surface area contributed by atoms with E-state index >= 15 is 0 Å². The van der Waals surface area contributed by atoms with Gasteiger partial charge in [-0.3, -0.25) is 0 Å². The lowest BCUT2D eigenvalue weighted by Crippen LogP contribution is -2.60. The minimum atomic E-state index is -1.47. The van der Waals surface area contributed by atoms with E-state index in [0.29, 0.717) is 5.75 Å². The predicted molar refractivity (Wildman–Crippen MR) is 101 cm³/mol. The molecule has 0 radical (unpaired) electrons. The standard InChI is InChI=1S/C19H22O7S/c1-24-12-5-2-11(3-6-12)4-7-15-13(8-9-27-15)25-19-18(23)17(22)16(21)14(10-20)26-19/h2-9,14,16-23H,10H2,1H3. The van der Waals surface area contributed by atoms with Crippen molar-refractivity contribution in [3.8, 4) is 11.5 Å². The number of rotatable bonds is 6. The third kappa shape index (κ3) is 4.49. The lowest BCUT2D eigenvalue weighted by atomic mass is 9.99. The predicted octanol–water partition coefficient (Wildman–Crippen LogP) is 1.11. The van der Waals surface area contributed by atoms with E-state index in [9.17, 15) is 20.4 Å². The van der Waals surface area contributed by atoms with Crippen LogP contribution >= 0.6 is 11.3 Å². The second-order valence-corrected chi connectivity index (χ2v) is 7.02. The van der Waals surface area contributed by atoms with E-state index in [1.165, 1.54) is 11.3 Å². The normalized spacial score (nSPS) is 28.4. The van der Waals surface area contributed by atoms with Crippen molar-refractivity contribution < 1.29 is 34.6 Å². The number of hydrogen-bond acceptors (Lipinski definition) is 8. The Morgan fingerprint density at radius 2 is 1.78 bits per heavy atom. The zero-order valence-electron chi connectivity index (χ0n) is 14.6.